The van der Waals surface area contributed by atoms with E-state index in [-0.39, 0.29) is 5.91 Å². The maximum absolute atomic E-state index is 13.1. The van der Waals surface area contributed by atoms with Gasteiger partial charge in [0.05, 0.1) is 14.2 Å². The van der Waals surface area contributed by atoms with Crippen LogP contribution in [-0.2, 0) is 6.42 Å². The van der Waals surface area contributed by atoms with Gasteiger partial charge in [-0.3, -0.25) is 9.78 Å². The molecule has 0 saturated carbocycles. The highest BCUT2D eigenvalue weighted by Crippen LogP contribution is 2.34. The van der Waals surface area contributed by atoms with E-state index in [2.05, 4.69) is 11.1 Å². The molecule has 2 heterocycles. The SMILES string of the molecule is COc1ccc(C(=O)N2CCc3cc(-c4ccncc4)ccc32)cc1OC. The Morgan fingerprint density at radius 3 is 2.44 bits per heavy atom. The molecule has 0 unspecified atom stereocenters. The highest BCUT2D eigenvalue weighted by Gasteiger charge is 2.26. The van der Waals surface area contributed by atoms with Crippen molar-refractivity contribution >= 4 is 11.6 Å². The van der Waals surface area contributed by atoms with Crippen molar-refractivity contribution < 1.29 is 14.3 Å². The minimum Gasteiger partial charge on any atom is -0.493 e. The molecule has 0 fully saturated rings. The molecule has 136 valence electrons. The molecule has 4 rings (SSSR count). The number of nitrogens with zero attached hydrogens (tertiary/aromatic N) is 2. The Hall–Kier alpha value is -3.34. The fraction of sp³-hybridized carbons (Fsp3) is 0.182. The summed E-state index contributed by atoms with van der Waals surface area (Å²) in [6.45, 7) is 0.669. The van der Waals surface area contributed by atoms with Crippen LogP contribution in [0.25, 0.3) is 11.1 Å². The van der Waals surface area contributed by atoms with Crippen LogP contribution in [0.15, 0.2) is 60.9 Å². The van der Waals surface area contributed by atoms with E-state index in [0.717, 1.165) is 23.2 Å². The minimum atomic E-state index is -0.0358. The fourth-order valence-electron chi connectivity index (χ4n) is 3.46. The molecule has 0 bridgehead atoms. The van der Waals surface area contributed by atoms with Crippen LogP contribution >= 0.6 is 0 Å². The van der Waals surface area contributed by atoms with Crippen LogP contribution in [0.5, 0.6) is 11.5 Å². The van der Waals surface area contributed by atoms with Crippen molar-refractivity contribution in [1.29, 1.82) is 0 Å². The van der Waals surface area contributed by atoms with E-state index < -0.39 is 0 Å². The number of rotatable bonds is 4. The number of fused-ring (bicyclic) bond motifs is 1. The Labute approximate surface area is 158 Å². The first-order chi connectivity index (χ1) is 13.2. The first-order valence-corrected chi connectivity index (χ1v) is 8.78. The van der Waals surface area contributed by atoms with Gasteiger partial charge >= 0.3 is 0 Å². The molecule has 0 saturated heterocycles. The highest BCUT2D eigenvalue weighted by molar-refractivity contribution is 6.07. The number of amides is 1. The lowest BCUT2D eigenvalue weighted by molar-refractivity contribution is 0.0989. The fourth-order valence-corrected chi connectivity index (χ4v) is 3.46. The maximum atomic E-state index is 13.1. The number of anilines is 1. The molecular weight excluding hydrogens is 340 g/mol. The molecule has 5 heteroatoms. The number of carbonyl (C=O) groups is 1. The molecule has 0 N–H and O–H groups in total. The zero-order valence-corrected chi connectivity index (χ0v) is 15.3. The van der Waals surface area contributed by atoms with E-state index in [0.29, 0.717) is 23.6 Å². The van der Waals surface area contributed by atoms with Crippen LogP contribution < -0.4 is 14.4 Å². The molecule has 0 atom stereocenters. The van der Waals surface area contributed by atoms with E-state index >= 15 is 0 Å². The summed E-state index contributed by atoms with van der Waals surface area (Å²) in [4.78, 5) is 18.9. The second-order valence-corrected chi connectivity index (χ2v) is 6.36. The Bertz CT molecular complexity index is 986. The summed E-state index contributed by atoms with van der Waals surface area (Å²) in [6.07, 6.45) is 4.41. The predicted molar refractivity (Wildman–Crippen MR) is 105 cm³/mol. The van der Waals surface area contributed by atoms with Gasteiger partial charge in [0.1, 0.15) is 0 Å². The number of benzene rings is 2. The molecule has 27 heavy (non-hydrogen) atoms. The quantitative estimate of drug-likeness (QED) is 0.706. The molecule has 3 aromatic rings. The zero-order chi connectivity index (χ0) is 18.8. The molecule has 2 aromatic carbocycles. The lowest BCUT2D eigenvalue weighted by atomic mass is 10.0. The number of aromatic nitrogens is 1. The van der Waals surface area contributed by atoms with E-state index in [9.17, 15) is 4.79 Å². The Kier molecular flexibility index (Phi) is 4.50. The predicted octanol–water partition coefficient (Wildman–Crippen LogP) is 3.97. The summed E-state index contributed by atoms with van der Waals surface area (Å²) in [5.41, 5.74) is 4.98. The smallest absolute Gasteiger partial charge is 0.258 e. The van der Waals surface area contributed by atoms with Crippen molar-refractivity contribution in [1.82, 2.24) is 4.98 Å². The summed E-state index contributed by atoms with van der Waals surface area (Å²) in [7, 11) is 3.15. The van der Waals surface area contributed by atoms with Gasteiger partial charge in [-0.25, -0.2) is 0 Å². The number of carbonyl (C=O) groups excluding carboxylic acids is 1. The van der Waals surface area contributed by atoms with E-state index in [1.807, 2.05) is 29.2 Å². The maximum Gasteiger partial charge on any atom is 0.258 e. The molecule has 5 nitrogen and oxygen atoms in total. The average Bonchev–Trinajstić information content (AvgIpc) is 3.16. The Balaban J connectivity index is 1.64. The lowest BCUT2D eigenvalue weighted by Gasteiger charge is -2.18. The standard InChI is InChI=1S/C22H20N2O3/c1-26-20-6-4-18(14-21(20)27-2)22(25)24-12-9-17-13-16(3-5-19(17)24)15-7-10-23-11-8-15/h3-8,10-11,13-14H,9,12H2,1-2H3. The average molecular weight is 360 g/mol. The Morgan fingerprint density at radius 2 is 1.70 bits per heavy atom. The topological polar surface area (TPSA) is 51.7 Å². The summed E-state index contributed by atoms with van der Waals surface area (Å²) >= 11 is 0. The second kappa shape index (κ2) is 7.11. The van der Waals surface area contributed by atoms with E-state index in [1.165, 1.54) is 5.56 Å². The molecule has 1 aromatic heterocycles. The summed E-state index contributed by atoms with van der Waals surface area (Å²) in [6, 6.07) is 15.5. The van der Waals surface area contributed by atoms with Gasteiger partial charge in [0.15, 0.2) is 11.5 Å². The lowest BCUT2D eigenvalue weighted by Crippen LogP contribution is -2.28. The van der Waals surface area contributed by atoms with Gasteiger partial charge in [0, 0.05) is 30.2 Å². The van der Waals surface area contributed by atoms with Crippen molar-refractivity contribution in [2.75, 3.05) is 25.7 Å². The van der Waals surface area contributed by atoms with Crippen LogP contribution in [0.3, 0.4) is 0 Å². The third-order valence-electron chi connectivity index (χ3n) is 4.86. The van der Waals surface area contributed by atoms with Crippen molar-refractivity contribution in [3.8, 4) is 22.6 Å². The largest absolute Gasteiger partial charge is 0.493 e. The first-order valence-electron chi connectivity index (χ1n) is 8.78. The van der Waals surface area contributed by atoms with Gasteiger partial charge < -0.3 is 14.4 Å². The highest BCUT2D eigenvalue weighted by atomic mass is 16.5. The third kappa shape index (κ3) is 3.12. The Morgan fingerprint density at radius 1 is 0.926 bits per heavy atom. The molecule has 1 aliphatic rings. The zero-order valence-electron chi connectivity index (χ0n) is 15.3. The minimum absolute atomic E-state index is 0.0358. The van der Waals surface area contributed by atoms with Gasteiger partial charge in [-0.2, -0.15) is 0 Å². The molecule has 0 aliphatic carbocycles. The van der Waals surface area contributed by atoms with Crippen LogP contribution in [0.4, 0.5) is 5.69 Å². The molecule has 1 aliphatic heterocycles. The summed E-state index contributed by atoms with van der Waals surface area (Å²) in [5, 5.41) is 0. The summed E-state index contributed by atoms with van der Waals surface area (Å²) in [5.74, 6) is 1.13. The van der Waals surface area contributed by atoms with Crippen LogP contribution in [0.2, 0.25) is 0 Å². The van der Waals surface area contributed by atoms with Crippen molar-refractivity contribution in [2.24, 2.45) is 0 Å². The van der Waals surface area contributed by atoms with Crippen molar-refractivity contribution in [3.63, 3.8) is 0 Å². The van der Waals surface area contributed by atoms with Gasteiger partial charge in [-0.1, -0.05) is 6.07 Å². The van der Waals surface area contributed by atoms with Gasteiger partial charge in [-0.15, -0.1) is 0 Å². The molecule has 1 amide bonds. The van der Waals surface area contributed by atoms with Crippen LogP contribution in [0.1, 0.15) is 15.9 Å². The first kappa shape index (κ1) is 17.1. The summed E-state index contributed by atoms with van der Waals surface area (Å²) < 4.78 is 10.6. The van der Waals surface area contributed by atoms with E-state index in [1.54, 1.807) is 44.8 Å². The van der Waals surface area contributed by atoms with Crippen LogP contribution in [0, 0.1) is 0 Å². The second-order valence-electron chi connectivity index (χ2n) is 6.36. The van der Waals surface area contributed by atoms with Crippen molar-refractivity contribution in [3.05, 3.63) is 72.1 Å². The third-order valence-corrected chi connectivity index (χ3v) is 4.86. The van der Waals surface area contributed by atoms with Gasteiger partial charge in [-0.05, 0) is 65.6 Å². The number of ether oxygens (including phenoxy) is 2. The van der Waals surface area contributed by atoms with E-state index in [4.69, 9.17) is 9.47 Å². The number of methoxy groups -OCH3 is 2. The normalized spacial score (nSPS) is 12.6. The van der Waals surface area contributed by atoms with Gasteiger partial charge in [0.2, 0.25) is 0 Å². The number of hydrogen-bond donors (Lipinski definition) is 0. The molecule has 0 spiro atoms. The van der Waals surface area contributed by atoms with Crippen molar-refractivity contribution in [2.45, 2.75) is 6.42 Å². The van der Waals surface area contributed by atoms with Gasteiger partial charge in [0.25, 0.3) is 5.91 Å². The molecular formula is C22H20N2O3. The molecule has 0 radical (unpaired) electrons. The van der Waals surface area contributed by atoms with Crippen LogP contribution in [-0.4, -0.2) is 31.7 Å². The number of pyridine rings is 1. The number of hydrogen-bond acceptors (Lipinski definition) is 4. The monoisotopic (exact) mass is 360 g/mol.